The lowest BCUT2D eigenvalue weighted by atomic mass is 9.49. The van der Waals surface area contributed by atoms with Gasteiger partial charge in [-0.1, -0.05) is 50.6 Å². The van der Waals surface area contributed by atoms with Crippen LogP contribution in [-0.4, -0.2) is 62.4 Å². The maximum Gasteiger partial charge on any atom is 0.346 e. The molecule has 1 aliphatic heterocycles. The van der Waals surface area contributed by atoms with Crippen LogP contribution in [0.4, 0.5) is 0 Å². The molecule has 8 heteroatoms. The molecule has 216 valence electrons. The van der Waals surface area contributed by atoms with Gasteiger partial charge in [-0.15, -0.1) is 0 Å². The van der Waals surface area contributed by atoms with E-state index in [1.807, 2.05) is 39.0 Å². The first-order chi connectivity index (χ1) is 18.8. The Kier molecular flexibility index (Phi) is 7.12. The molecule has 0 aromatic rings. The summed E-state index contributed by atoms with van der Waals surface area (Å²) in [6.07, 6.45) is 7.02. The molecule has 1 heterocycles. The van der Waals surface area contributed by atoms with Crippen molar-refractivity contribution >= 4 is 18.0 Å². The summed E-state index contributed by atoms with van der Waals surface area (Å²) in [7, 11) is 0. The van der Waals surface area contributed by atoms with Gasteiger partial charge in [0.1, 0.15) is 17.6 Å². The molecule has 0 aromatic carbocycles. The number of aldehydes is 1. The predicted molar refractivity (Wildman–Crippen MR) is 147 cm³/mol. The van der Waals surface area contributed by atoms with Crippen LogP contribution < -0.4 is 0 Å². The standard InChI is InChI=1S/C32H40O8/c1-15-6-9-23(34)16(2)11-22-24(35)12-19(14-33)13-32(22)29(38)25(30(39)40-32)28(37)31(5)21(15)8-7-20-26(31)17(3)10-18(4)27(20)36/h6-8,11-12,14,17-18,20-24,26-27,34-37H,9-10,13H2,1-5H3/b15-6+,16-11+,28-25+/t17-,18-,20-,21-,22+,23-,24-,26+,27-,31+,32-/m1/s1. The number of aliphatic hydroxyl groups is 4. The molecule has 0 radical (unpaired) electrons. The second-order valence-electron chi connectivity index (χ2n) is 12.9. The molecule has 1 saturated heterocycles. The van der Waals surface area contributed by atoms with E-state index in [0.717, 1.165) is 5.57 Å². The first-order valence-electron chi connectivity index (χ1n) is 14.2. The van der Waals surface area contributed by atoms with Gasteiger partial charge in [0.15, 0.2) is 5.60 Å². The first kappa shape index (κ1) is 28.7. The Balaban J connectivity index is 1.79. The van der Waals surface area contributed by atoms with Crippen molar-refractivity contribution in [2.45, 2.75) is 77.8 Å². The molecule has 40 heavy (non-hydrogen) atoms. The van der Waals surface area contributed by atoms with Crippen LogP contribution in [-0.2, 0) is 19.1 Å². The lowest BCUT2D eigenvalue weighted by Crippen LogP contribution is -2.54. The van der Waals surface area contributed by atoms with Crippen molar-refractivity contribution in [1.82, 2.24) is 0 Å². The summed E-state index contributed by atoms with van der Waals surface area (Å²) in [5.74, 6) is -4.22. The van der Waals surface area contributed by atoms with E-state index < -0.39 is 58.5 Å². The Morgan fingerprint density at radius 1 is 1.02 bits per heavy atom. The molecule has 0 unspecified atom stereocenters. The van der Waals surface area contributed by atoms with Gasteiger partial charge in [0.2, 0.25) is 5.78 Å². The van der Waals surface area contributed by atoms with Gasteiger partial charge in [-0.2, -0.15) is 0 Å². The fourth-order valence-corrected chi connectivity index (χ4v) is 8.42. The van der Waals surface area contributed by atoms with Gasteiger partial charge in [0.25, 0.3) is 0 Å². The average Bonchev–Trinajstić information content (AvgIpc) is 3.14. The van der Waals surface area contributed by atoms with E-state index in [9.17, 15) is 34.8 Å². The highest BCUT2D eigenvalue weighted by Crippen LogP contribution is 2.60. The van der Waals surface area contributed by atoms with Crippen LogP contribution in [0.5, 0.6) is 0 Å². The quantitative estimate of drug-likeness (QED) is 0.168. The lowest BCUT2D eigenvalue weighted by molar-refractivity contribution is -0.159. The van der Waals surface area contributed by atoms with E-state index in [-0.39, 0.29) is 47.8 Å². The number of esters is 1. The van der Waals surface area contributed by atoms with Crippen molar-refractivity contribution < 1.29 is 39.5 Å². The minimum atomic E-state index is -1.94. The zero-order chi connectivity index (χ0) is 29.3. The van der Waals surface area contributed by atoms with Gasteiger partial charge in [-0.05, 0) is 61.7 Å². The zero-order valence-corrected chi connectivity index (χ0v) is 23.7. The van der Waals surface area contributed by atoms with E-state index in [4.69, 9.17) is 4.74 Å². The largest absolute Gasteiger partial charge is 0.511 e. The summed E-state index contributed by atoms with van der Waals surface area (Å²) < 4.78 is 5.81. The maximum absolute atomic E-state index is 14.3. The summed E-state index contributed by atoms with van der Waals surface area (Å²) in [5, 5.41) is 45.4. The number of allylic oxidation sites excluding steroid dienone is 3. The van der Waals surface area contributed by atoms with Crippen LogP contribution in [0.3, 0.4) is 0 Å². The number of rotatable bonds is 1. The average molecular weight is 553 g/mol. The van der Waals surface area contributed by atoms with Crippen LogP contribution in [0.1, 0.15) is 53.9 Å². The topological polar surface area (TPSA) is 141 Å². The Hall–Kier alpha value is -2.81. The molecular weight excluding hydrogens is 512 g/mol. The normalized spacial score (nSPS) is 49.8. The first-order valence-corrected chi connectivity index (χ1v) is 14.2. The molecule has 4 aliphatic carbocycles. The number of Topliss-reactive ketones (excluding diaryl/α,β-unsaturated/α-hetero) is 1. The zero-order valence-electron chi connectivity index (χ0n) is 23.7. The second-order valence-corrected chi connectivity index (χ2v) is 12.9. The van der Waals surface area contributed by atoms with E-state index in [1.165, 1.54) is 6.08 Å². The number of carbonyl (C=O) groups excluding carboxylic acids is 3. The van der Waals surface area contributed by atoms with E-state index >= 15 is 0 Å². The SMILES string of the molecule is C/C1=C\[C@H]2[C@H](O)C=C(C=O)C[C@@]23OC(=O)/C(=C(/O)[C@]2(C)[C@@H]4[C@@H](C=C[C@@H]2/C(C)=C/C[C@H]1O)[C@H](O)[C@H](C)C[C@H]4C)C3=O. The molecule has 2 fully saturated rings. The third kappa shape index (κ3) is 4.02. The van der Waals surface area contributed by atoms with Crippen molar-refractivity contribution in [2.75, 3.05) is 0 Å². The highest BCUT2D eigenvalue weighted by Gasteiger charge is 2.64. The van der Waals surface area contributed by atoms with Crippen LogP contribution in [0.25, 0.3) is 0 Å². The number of fused-ring (bicyclic) bond motifs is 4. The molecule has 8 nitrogen and oxygen atoms in total. The van der Waals surface area contributed by atoms with Gasteiger partial charge < -0.3 is 25.2 Å². The third-order valence-corrected chi connectivity index (χ3v) is 10.5. The highest BCUT2D eigenvalue weighted by atomic mass is 16.6. The summed E-state index contributed by atoms with van der Waals surface area (Å²) in [4.78, 5) is 39.7. The van der Waals surface area contributed by atoms with E-state index in [2.05, 4.69) is 6.92 Å². The lowest BCUT2D eigenvalue weighted by Gasteiger charge is -2.55. The summed E-state index contributed by atoms with van der Waals surface area (Å²) >= 11 is 0. The van der Waals surface area contributed by atoms with Gasteiger partial charge in [0.05, 0.1) is 24.2 Å². The molecule has 2 bridgehead atoms. The number of hydrogen-bond donors (Lipinski definition) is 4. The Morgan fingerprint density at radius 2 is 1.73 bits per heavy atom. The molecule has 1 spiro atoms. The second kappa shape index (κ2) is 9.93. The van der Waals surface area contributed by atoms with E-state index in [0.29, 0.717) is 18.3 Å². The van der Waals surface area contributed by atoms with Crippen LogP contribution >= 0.6 is 0 Å². The molecule has 1 saturated carbocycles. The number of ether oxygens (including phenoxy) is 1. The van der Waals surface area contributed by atoms with Gasteiger partial charge in [-0.25, -0.2) is 4.79 Å². The monoisotopic (exact) mass is 552 g/mol. The summed E-state index contributed by atoms with van der Waals surface area (Å²) in [6, 6.07) is 0. The minimum Gasteiger partial charge on any atom is -0.511 e. The van der Waals surface area contributed by atoms with Gasteiger partial charge in [-0.3, -0.25) is 9.59 Å². The van der Waals surface area contributed by atoms with Crippen LogP contribution in [0.15, 0.2) is 58.4 Å². The number of carbonyl (C=O) groups is 3. The molecule has 0 amide bonds. The van der Waals surface area contributed by atoms with Crippen molar-refractivity contribution in [1.29, 1.82) is 0 Å². The third-order valence-electron chi connectivity index (χ3n) is 10.5. The fraction of sp³-hybridized carbons (Fsp3) is 0.594. The Labute approximate surface area is 234 Å². The number of hydrogen-bond acceptors (Lipinski definition) is 8. The minimum absolute atomic E-state index is 0.0332. The van der Waals surface area contributed by atoms with Gasteiger partial charge in [0, 0.05) is 23.7 Å². The maximum atomic E-state index is 14.3. The smallest absolute Gasteiger partial charge is 0.346 e. The number of aliphatic hydroxyl groups excluding tert-OH is 4. The summed E-state index contributed by atoms with van der Waals surface area (Å²) in [5.41, 5.74) is -2.12. The predicted octanol–water partition coefficient (Wildman–Crippen LogP) is 3.29. The van der Waals surface area contributed by atoms with Crippen molar-refractivity contribution in [3.63, 3.8) is 0 Å². The molecule has 11 atom stereocenters. The molecule has 5 rings (SSSR count). The van der Waals surface area contributed by atoms with Crippen LogP contribution in [0, 0.1) is 40.9 Å². The Bertz CT molecular complexity index is 1290. The van der Waals surface area contributed by atoms with Crippen molar-refractivity contribution in [2.24, 2.45) is 40.9 Å². The molecule has 0 aromatic heterocycles. The molecular formula is C32H40O8. The fourth-order valence-electron chi connectivity index (χ4n) is 8.42. The molecule has 5 aliphatic rings. The Morgan fingerprint density at radius 3 is 2.40 bits per heavy atom. The highest BCUT2D eigenvalue weighted by molar-refractivity contribution is 6.26. The molecule has 4 N–H and O–H groups in total. The van der Waals surface area contributed by atoms with Gasteiger partial charge >= 0.3 is 5.97 Å². The summed E-state index contributed by atoms with van der Waals surface area (Å²) in [6.45, 7) is 9.50. The van der Waals surface area contributed by atoms with Crippen molar-refractivity contribution in [3.05, 3.63) is 58.4 Å². The van der Waals surface area contributed by atoms with Crippen LogP contribution in [0.2, 0.25) is 0 Å². The van der Waals surface area contributed by atoms with E-state index in [1.54, 1.807) is 13.0 Å². The number of ketones is 1. The van der Waals surface area contributed by atoms with Crippen molar-refractivity contribution in [3.8, 4) is 0 Å².